The van der Waals surface area contributed by atoms with Crippen LogP contribution in [-0.2, 0) is 0 Å². The highest BCUT2D eigenvalue weighted by Crippen LogP contribution is 1.89. The van der Waals surface area contributed by atoms with Crippen molar-refractivity contribution in [3.63, 3.8) is 0 Å². The predicted molar refractivity (Wildman–Crippen MR) is 75.6 cm³/mol. The highest BCUT2D eigenvalue weighted by Gasteiger charge is 2.08. The van der Waals surface area contributed by atoms with Crippen LogP contribution >= 0.6 is 12.6 Å². The van der Waals surface area contributed by atoms with E-state index in [1.807, 2.05) is 14.1 Å². The van der Waals surface area contributed by atoms with Gasteiger partial charge in [0.1, 0.15) is 0 Å². The van der Waals surface area contributed by atoms with Gasteiger partial charge in [-0.25, -0.2) is 0 Å². The van der Waals surface area contributed by atoms with E-state index in [-0.39, 0.29) is 0 Å². The first-order valence-corrected chi connectivity index (χ1v) is 6.66. The molecule has 0 rings (SSSR count). The molecule has 0 heterocycles. The highest BCUT2D eigenvalue weighted by atomic mass is 32.1. The number of hydrogen-bond donors (Lipinski definition) is 5. The maximum absolute atomic E-state index is 4.36. The summed E-state index contributed by atoms with van der Waals surface area (Å²) in [4.78, 5) is 0. The van der Waals surface area contributed by atoms with Crippen molar-refractivity contribution in [2.75, 3.05) is 39.5 Å². The molecule has 0 saturated carbocycles. The summed E-state index contributed by atoms with van der Waals surface area (Å²) in [7, 11) is 3.95. The van der Waals surface area contributed by atoms with Crippen LogP contribution in [0.4, 0.5) is 0 Å². The molecule has 0 aromatic rings. The van der Waals surface area contributed by atoms with E-state index in [0.29, 0.717) is 18.1 Å². The van der Waals surface area contributed by atoms with Crippen LogP contribution in [0.2, 0.25) is 0 Å². The number of hydrogen-bond acceptors (Lipinski definition) is 5. The van der Waals surface area contributed by atoms with Crippen LogP contribution in [0.3, 0.4) is 0 Å². The van der Waals surface area contributed by atoms with Gasteiger partial charge in [-0.3, -0.25) is 0 Å². The van der Waals surface area contributed by atoms with Gasteiger partial charge in [0, 0.05) is 43.5 Å². The summed E-state index contributed by atoms with van der Waals surface area (Å²) >= 11 is 4.36. The minimum atomic E-state index is 0.429. The van der Waals surface area contributed by atoms with Crippen LogP contribution in [0.1, 0.15) is 13.8 Å². The Kier molecular flexibility index (Phi) is 10.5. The molecule has 4 N–H and O–H groups in total. The molecule has 0 aliphatic rings. The Morgan fingerprint density at radius 1 is 0.938 bits per heavy atom. The standard InChI is InChI=1S/C11H28N4S/c1-9(13-4)6-15-11(8-16)7-14-10(2)5-12-3/h9-16H,5-8H2,1-4H3/t9-,10-,11+/m1/s1. The van der Waals surface area contributed by atoms with Crippen molar-refractivity contribution in [3.05, 3.63) is 0 Å². The molecule has 0 radical (unpaired) electrons. The smallest absolute Gasteiger partial charge is 0.0281 e. The van der Waals surface area contributed by atoms with Crippen molar-refractivity contribution >= 4 is 12.6 Å². The van der Waals surface area contributed by atoms with Crippen molar-refractivity contribution in [1.29, 1.82) is 0 Å². The lowest BCUT2D eigenvalue weighted by atomic mass is 10.2. The second-order valence-electron chi connectivity index (χ2n) is 4.34. The molecule has 0 bridgehead atoms. The third-order valence-corrected chi connectivity index (χ3v) is 3.09. The third kappa shape index (κ3) is 8.35. The van der Waals surface area contributed by atoms with Crippen LogP contribution in [0.5, 0.6) is 0 Å². The number of nitrogens with one attached hydrogen (secondary N) is 4. The van der Waals surface area contributed by atoms with E-state index in [0.717, 1.165) is 25.4 Å². The molecule has 0 saturated heterocycles. The van der Waals surface area contributed by atoms with E-state index >= 15 is 0 Å². The average molecular weight is 248 g/mol. The molecule has 3 atom stereocenters. The Morgan fingerprint density at radius 2 is 1.62 bits per heavy atom. The second-order valence-corrected chi connectivity index (χ2v) is 4.71. The summed E-state index contributed by atoms with van der Waals surface area (Å²) in [5.41, 5.74) is 0. The van der Waals surface area contributed by atoms with Gasteiger partial charge in [0.15, 0.2) is 0 Å². The average Bonchev–Trinajstić information content (AvgIpc) is 2.29. The van der Waals surface area contributed by atoms with Gasteiger partial charge < -0.3 is 21.3 Å². The molecule has 0 aliphatic heterocycles. The van der Waals surface area contributed by atoms with E-state index in [9.17, 15) is 0 Å². The zero-order valence-corrected chi connectivity index (χ0v) is 11.9. The summed E-state index contributed by atoms with van der Waals surface area (Å²) in [6.07, 6.45) is 0. The normalized spacial score (nSPS) is 17.1. The van der Waals surface area contributed by atoms with E-state index in [1.165, 1.54) is 0 Å². The Hall–Kier alpha value is 0.190. The molecule has 5 heteroatoms. The summed E-state index contributed by atoms with van der Waals surface area (Å²) in [5, 5.41) is 13.3. The predicted octanol–water partition coefficient (Wildman–Crippen LogP) is -0.320. The van der Waals surface area contributed by atoms with Gasteiger partial charge in [-0.2, -0.15) is 12.6 Å². The Balaban J connectivity index is 3.66. The molecular weight excluding hydrogens is 220 g/mol. The summed E-state index contributed by atoms with van der Waals surface area (Å²) in [5.74, 6) is 0.857. The Bertz CT molecular complexity index is 157. The molecule has 0 aromatic heterocycles. The van der Waals surface area contributed by atoms with E-state index in [2.05, 4.69) is 47.7 Å². The Morgan fingerprint density at radius 3 is 2.12 bits per heavy atom. The molecule has 16 heavy (non-hydrogen) atoms. The molecule has 4 nitrogen and oxygen atoms in total. The number of rotatable bonds is 10. The van der Waals surface area contributed by atoms with Crippen LogP contribution in [0.15, 0.2) is 0 Å². The first-order chi connectivity index (χ1) is 7.63. The fourth-order valence-corrected chi connectivity index (χ4v) is 1.63. The third-order valence-electron chi connectivity index (χ3n) is 2.65. The molecule has 98 valence electrons. The van der Waals surface area contributed by atoms with Gasteiger partial charge in [-0.15, -0.1) is 0 Å². The lowest BCUT2D eigenvalue weighted by Crippen LogP contribution is -2.48. The molecule has 0 unspecified atom stereocenters. The first kappa shape index (κ1) is 16.2. The minimum absolute atomic E-state index is 0.429. The maximum atomic E-state index is 4.36. The molecule has 0 spiro atoms. The van der Waals surface area contributed by atoms with Gasteiger partial charge >= 0.3 is 0 Å². The van der Waals surface area contributed by atoms with Gasteiger partial charge in [0.2, 0.25) is 0 Å². The van der Waals surface area contributed by atoms with Crippen molar-refractivity contribution < 1.29 is 0 Å². The van der Waals surface area contributed by atoms with E-state index in [1.54, 1.807) is 0 Å². The molecule has 0 fully saturated rings. The fourth-order valence-electron chi connectivity index (χ4n) is 1.37. The first-order valence-electron chi connectivity index (χ1n) is 6.03. The lowest BCUT2D eigenvalue weighted by Gasteiger charge is -2.22. The van der Waals surface area contributed by atoms with Gasteiger partial charge in [0.05, 0.1) is 0 Å². The summed E-state index contributed by atoms with van der Waals surface area (Å²) < 4.78 is 0. The highest BCUT2D eigenvalue weighted by molar-refractivity contribution is 7.80. The monoisotopic (exact) mass is 248 g/mol. The van der Waals surface area contributed by atoms with Crippen molar-refractivity contribution in [2.45, 2.75) is 32.0 Å². The van der Waals surface area contributed by atoms with Gasteiger partial charge in [0.25, 0.3) is 0 Å². The number of likely N-dealkylation sites (N-methyl/N-ethyl adjacent to an activating group) is 2. The summed E-state index contributed by atoms with van der Waals surface area (Å²) in [6.45, 7) is 7.28. The lowest BCUT2D eigenvalue weighted by molar-refractivity contribution is 0.436. The van der Waals surface area contributed by atoms with Crippen LogP contribution < -0.4 is 21.3 Å². The SMILES string of the molecule is CNC[C@@H](C)NC[C@@H](CS)NC[C@@H](C)NC. The van der Waals surface area contributed by atoms with Crippen molar-refractivity contribution in [1.82, 2.24) is 21.3 Å². The largest absolute Gasteiger partial charge is 0.318 e. The van der Waals surface area contributed by atoms with Crippen molar-refractivity contribution in [3.8, 4) is 0 Å². The number of thiol groups is 1. The van der Waals surface area contributed by atoms with E-state index < -0.39 is 0 Å². The fraction of sp³-hybridized carbons (Fsp3) is 1.00. The molecule has 0 amide bonds. The topological polar surface area (TPSA) is 48.1 Å². The minimum Gasteiger partial charge on any atom is -0.318 e. The zero-order valence-electron chi connectivity index (χ0n) is 11.0. The molecule has 0 aliphatic carbocycles. The van der Waals surface area contributed by atoms with E-state index in [4.69, 9.17) is 0 Å². The quantitative estimate of drug-likeness (QED) is 0.344. The summed E-state index contributed by atoms with van der Waals surface area (Å²) in [6, 6.07) is 1.42. The van der Waals surface area contributed by atoms with Gasteiger partial charge in [-0.1, -0.05) is 0 Å². The molecular formula is C11H28N4S. The Labute approximate surface area is 106 Å². The molecule has 0 aromatic carbocycles. The van der Waals surface area contributed by atoms with Gasteiger partial charge in [-0.05, 0) is 27.9 Å². The maximum Gasteiger partial charge on any atom is 0.0281 e. The van der Waals surface area contributed by atoms with Crippen LogP contribution in [0, 0.1) is 0 Å². The zero-order chi connectivity index (χ0) is 12.4. The van der Waals surface area contributed by atoms with Crippen LogP contribution in [-0.4, -0.2) is 57.6 Å². The second kappa shape index (κ2) is 10.4. The van der Waals surface area contributed by atoms with Crippen LogP contribution in [0.25, 0.3) is 0 Å². The van der Waals surface area contributed by atoms with Crippen molar-refractivity contribution in [2.24, 2.45) is 0 Å².